The standard InChI is InChI=1S/C19H16O2/c1-14-7-5-6-10-16(14)12-18-13-17(19(20)21-18)11-15-8-3-2-4-9-15/h2-10,12-13H,11H2,1H3/b18-12-. The number of allylic oxidation sites excluding steroid dienone is 1. The Morgan fingerprint density at radius 1 is 1.00 bits per heavy atom. The summed E-state index contributed by atoms with van der Waals surface area (Å²) in [6.07, 6.45) is 4.35. The van der Waals surface area contributed by atoms with Crippen LogP contribution in [0.15, 0.2) is 72.0 Å². The van der Waals surface area contributed by atoms with E-state index in [2.05, 4.69) is 0 Å². The second-order valence-electron chi connectivity index (χ2n) is 5.12. The van der Waals surface area contributed by atoms with Crippen molar-refractivity contribution in [3.05, 3.63) is 88.7 Å². The molecule has 2 heteroatoms. The summed E-state index contributed by atoms with van der Waals surface area (Å²) in [6.45, 7) is 2.04. The molecule has 0 atom stereocenters. The molecule has 2 nitrogen and oxygen atoms in total. The van der Waals surface area contributed by atoms with Gasteiger partial charge in [0.1, 0.15) is 5.76 Å². The minimum atomic E-state index is -0.251. The molecule has 1 aliphatic rings. The monoisotopic (exact) mass is 276 g/mol. The van der Waals surface area contributed by atoms with E-state index >= 15 is 0 Å². The lowest BCUT2D eigenvalue weighted by Crippen LogP contribution is -2.01. The summed E-state index contributed by atoms with van der Waals surface area (Å²) in [7, 11) is 0. The Morgan fingerprint density at radius 2 is 1.71 bits per heavy atom. The van der Waals surface area contributed by atoms with Crippen molar-refractivity contribution >= 4 is 12.0 Å². The Morgan fingerprint density at radius 3 is 2.48 bits per heavy atom. The Kier molecular flexibility index (Phi) is 3.69. The van der Waals surface area contributed by atoms with E-state index in [0.29, 0.717) is 17.8 Å². The summed E-state index contributed by atoms with van der Waals surface area (Å²) in [5.41, 5.74) is 4.03. The van der Waals surface area contributed by atoms with Crippen molar-refractivity contribution in [1.82, 2.24) is 0 Å². The van der Waals surface area contributed by atoms with Gasteiger partial charge in [0, 0.05) is 12.0 Å². The predicted molar refractivity (Wildman–Crippen MR) is 83.5 cm³/mol. The molecule has 0 aliphatic carbocycles. The number of hydrogen-bond acceptors (Lipinski definition) is 2. The number of carbonyl (C=O) groups excluding carboxylic acids is 1. The number of esters is 1. The zero-order chi connectivity index (χ0) is 14.7. The number of benzene rings is 2. The maximum Gasteiger partial charge on any atom is 0.339 e. The van der Waals surface area contributed by atoms with Gasteiger partial charge in [-0.15, -0.1) is 0 Å². The second-order valence-corrected chi connectivity index (χ2v) is 5.12. The largest absolute Gasteiger partial charge is 0.423 e. The topological polar surface area (TPSA) is 26.3 Å². The molecule has 0 saturated heterocycles. The first-order valence-electron chi connectivity index (χ1n) is 6.96. The average molecular weight is 276 g/mol. The maximum atomic E-state index is 11.9. The van der Waals surface area contributed by atoms with Crippen LogP contribution in [0.25, 0.3) is 6.08 Å². The molecule has 0 saturated carbocycles. The number of rotatable bonds is 3. The minimum Gasteiger partial charge on any atom is -0.423 e. The summed E-state index contributed by atoms with van der Waals surface area (Å²) < 4.78 is 5.33. The number of aryl methyl sites for hydroxylation is 1. The molecular formula is C19H16O2. The second kappa shape index (κ2) is 5.80. The Bertz CT molecular complexity index is 724. The first kappa shape index (κ1) is 13.4. The highest BCUT2D eigenvalue weighted by atomic mass is 16.5. The maximum absolute atomic E-state index is 11.9. The molecule has 2 aromatic carbocycles. The number of carbonyl (C=O) groups is 1. The van der Waals surface area contributed by atoms with Gasteiger partial charge in [0.15, 0.2) is 0 Å². The molecule has 21 heavy (non-hydrogen) atoms. The lowest BCUT2D eigenvalue weighted by molar-refractivity contribution is -0.133. The van der Waals surface area contributed by atoms with Gasteiger partial charge in [0.25, 0.3) is 0 Å². The molecule has 3 rings (SSSR count). The van der Waals surface area contributed by atoms with Gasteiger partial charge in [-0.25, -0.2) is 4.79 Å². The lowest BCUT2D eigenvalue weighted by Gasteiger charge is -2.00. The minimum absolute atomic E-state index is 0.251. The van der Waals surface area contributed by atoms with Gasteiger partial charge in [-0.2, -0.15) is 0 Å². The molecule has 0 spiro atoms. The number of hydrogen-bond donors (Lipinski definition) is 0. The highest BCUT2D eigenvalue weighted by Crippen LogP contribution is 2.23. The van der Waals surface area contributed by atoms with Crippen molar-refractivity contribution in [2.45, 2.75) is 13.3 Å². The quantitative estimate of drug-likeness (QED) is 0.790. The van der Waals surface area contributed by atoms with Crippen LogP contribution in [0.1, 0.15) is 16.7 Å². The Labute approximate surface area is 124 Å². The van der Waals surface area contributed by atoms with E-state index in [1.807, 2.05) is 73.7 Å². The third kappa shape index (κ3) is 3.11. The molecule has 1 aliphatic heterocycles. The van der Waals surface area contributed by atoms with Crippen LogP contribution in [-0.4, -0.2) is 5.97 Å². The van der Waals surface area contributed by atoms with Gasteiger partial charge >= 0.3 is 5.97 Å². The third-order valence-corrected chi connectivity index (χ3v) is 3.51. The van der Waals surface area contributed by atoms with Crippen molar-refractivity contribution < 1.29 is 9.53 Å². The SMILES string of the molecule is Cc1ccccc1/C=C1/C=C(Cc2ccccc2)C(=O)O1. The van der Waals surface area contributed by atoms with E-state index in [1.165, 1.54) is 0 Å². The third-order valence-electron chi connectivity index (χ3n) is 3.51. The first-order chi connectivity index (χ1) is 10.2. The zero-order valence-electron chi connectivity index (χ0n) is 11.9. The normalized spacial score (nSPS) is 16.0. The van der Waals surface area contributed by atoms with Crippen LogP contribution in [0.2, 0.25) is 0 Å². The van der Waals surface area contributed by atoms with Crippen LogP contribution >= 0.6 is 0 Å². The average Bonchev–Trinajstić information content (AvgIpc) is 2.82. The van der Waals surface area contributed by atoms with Crippen LogP contribution in [0.4, 0.5) is 0 Å². The summed E-state index contributed by atoms with van der Waals surface area (Å²) in [5.74, 6) is 0.360. The van der Waals surface area contributed by atoms with E-state index in [0.717, 1.165) is 16.7 Å². The predicted octanol–water partition coefficient (Wildman–Crippen LogP) is 4.06. The molecule has 0 unspecified atom stereocenters. The Hall–Kier alpha value is -2.61. The molecule has 1 heterocycles. The van der Waals surface area contributed by atoms with Crippen LogP contribution in [0.5, 0.6) is 0 Å². The van der Waals surface area contributed by atoms with Crippen molar-refractivity contribution in [3.63, 3.8) is 0 Å². The Balaban J connectivity index is 1.84. The molecule has 0 fully saturated rings. The fraction of sp³-hybridized carbons (Fsp3) is 0.105. The molecule has 2 aromatic rings. The smallest absolute Gasteiger partial charge is 0.339 e. The highest BCUT2D eigenvalue weighted by Gasteiger charge is 2.21. The molecule has 104 valence electrons. The van der Waals surface area contributed by atoms with Crippen LogP contribution in [-0.2, 0) is 16.0 Å². The zero-order valence-corrected chi connectivity index (χ0v) is 11.9. The van der Waals surface area contributed by atoms with Crippen molar-refractivity contribution in [2.24, 2.45) is 0 Å². The molecule has 0 N–H and O–H groups in total. The summed E-state index contributed by atoms with van der Waals surface area (Å²) in [6, 6.07) is 18.0. The number of cyclic esters (lactones) is 1. The van der Waals surface area contributed by atoms with Gasteiger partial charge in [-0.3, -0.25) is 0 Å². The molecule has 0 amide bonds. The molecular weight excluding hydrogens is 260 g/mol. The van der Waals surface area contributed by atoms with Crippen molar-refractivity contribution in [1.29, 1.82) is 0 Å². The van der Waals surface area contributed by atoms with Gasteiger partial charge in [-0.05, 0) is 35.8 Å². The molecule has 0 aromatic heterocycles. The molecule has 0 radical (unpaired) electrons. The van der Waals surface area contributed by atoms with Gasteiger partial charge in [0.2, 0.25) is 0 Å². The molecule has 0 bridgehead atoms. The highest BCUT2D eigenvalue weighted by molar-refractivity contribution is 5.94. The van der Waals surface area contributed by atoms with Crippen LogP contribution in [0, 0.1) is 6.92 Å². The fourth-order valence-corrected chi connectivity index (χ4v) is 2.34. The fourth-order valence-electron chi connectivity index (χ4n) is 2.34. The van der Waals surface area contributed by atoms with E-state index in [9.17, 15) is 4.79 Å². The number of ether oxygens (including phenoxy) is 1. The summed E-state index contributed by atoms with van der Waals surface area (Å²) >= 11 is 0. The van der Waals surface area contributed by atoms with Gasteiger partial charge in [0.05, 0.1) is 0 Å². The van der Waals surface area contributed by atoms with E-state index in [1.54, 1.807) is 0 Å². The van der Waals surface area contributed by atoms with E-state index in [4.69, 9.17) is 4.74 Å². The summed E-state index contributed by atoms with van der Waals surface area (Å²) in [4.78, 5) is 11.9. The van der Waals surface area contributed by atoms with E-state index in [-0.39, 0.29) is 5.97 Å². The van der Waals surface area contributed by atoms with Crippen molar-refractivity contribution in [2.75, 3.05) is 0 Å². The first-order valence-corrected chi connectivity index (χ1v) is 6.96. The van der Waals surface area contributed by atoms with Crippen molar-refractivity contribution in [3.8, 4) is 0 Å². The van der Waals surface area contributed by atoms with E-state index < -0.39 is 0 Å². The van der Waals surface area contributed by atoms with Gasteiger partial charge in [-0.1, -0.05) is 54.6 Å². The summed E-state index contributed by atoms with van der Waals surface area (Å²) in [5, 5.41) is 0. The lowest BCUT2D eigenvalue weighted by atomic mass is 10.0. The van der Waals surface area contributed by atoms with Crippen LogP contribution < -0.4 is 0 Å². The van der Waals surface area contributed by atoms with Crippen LogP contribution in [0.3, 0.4) is 0 Å². The van der Waals surface area contributed by atoms with Gasteiger partial charge < -0.3 is 4.74 Å².